The molecule has 1 aromatic heterocycles. The Morgan fingerprint density at radius 2 is 2.04 bits per heavy atom. The molecule has 27 heavy (non-hydrogen) atoms. The molecule has 2 aromatic rings. The third kappa shape index (κ3) is 5.34. The maximum absolute atomic E-state index is 11.6. The highest BCUT2D eigenvalue weighted by molar-refractivity contribution is 7.11. The quantitative estimate of drug-likeness (QED) is 0.652. The van der Waals surface area contributed by atoms with Crippen molar-refractivity contribution in [3.63, 3.8) is 0 Å². The molecule has 2 heterocycles. The van der Waals surface area contributed by atoms with Crippen LogP contribution in [0.15, 0.2) is 35.7 Å². The molecule has 0 radical (unpaired) electrons. The molecule has 5 nitrogen and oxygen atoms in total. The van der Waals surface area contributed by atoms with E-state index in [2.05, 4.69) is 4.90 Å². The number of carboxylic acid groups (broad SMARTS) is 1. The monoisotopic (exact) mass is 387 g/mol. The van der Waals surface area contributed by atoms with Crippen LogP contribution in [0.25, 0.3) is 11.6 Å². The van der Waals surface area contributed by atoms with Crippen LogP contribution in [0.3, 0.4) is 0 Å². The maximum Gasteiger partial charge on any atom is 0.337 e. The molecular weight excluding hydrogens is 362 g/mol. The number of hydrogen-bond donors (Lipinski definition) is 1. The number of aliphatic carboxylic acids is 1. The first kappa shape index (κ1) is 19.5. The van der Waals surface area contributed by atoms with Gasteiger partial charge in [-0.25, -0.2) is 4.79 Å². The first-order chi connectivity index (χ1) is 13.2. The molecule has 1 aliphatic heterocycles. The summed E-state index contributed by atoms with van der Waals surface area (Å²) in [6, 6.07) is 9.22. The lowest BCUT2D eigenvalue weighted by molar-refractivity contribution is -0.130. The summed E-state index contributed by atoms with van der Waals surface area (Å²) >= 11 is 1.41. The summed E-state index contributed by atoms with van der Waals surface area (Å²) in [7, 11) is 0. The fourth-order valence-corrected chi connectivity index (χ4v) is 3.86. The Morgan fingerprint density at radius 1 is 1.22 bits per heavy atom. The van der Waals surface area contributed by atoms with Crippen molar-refractivity contribution in [1.29, 1.82) is 0 Å². The van der Waals surface area contributed by atoms with E-state index in [-0.39, 0.29) is 5.57 Å². The Bertz CT molecular complexity index is 779. The summed E-state index contributed by atoms with van der Waals surface area (Å²) in [5.41, 5.74) is 1.05. The molecule has 0 bridgehead atoms. The van der Waals surface area contributed by atoms with E-state index in [0.717, 1.165) is 30.1 Å². The molecule has 3 rings (SSSR count). The zero-order valence-corrected chi connectivity index (χ0v) is 16.3. The van der Waals surface area contributed by atoms with Gasteiger partial charge in [-0.3, -0.25) is 4.90 Å². The molecule has 0 saturated carbocycles. The maximum atomic E-state index is 11.6. The fraction of sp³-hybridized carbons (Fsp3) is 0.381. The van der Waals surface area contributed by atoms with Crippen molar-refractivity contribution in [2.75, 3.05) is 32.8 Å². The lowest BCUT2D eigenvalue weighted by atomic mass is 10.1. The number of likely N-dealkylation sites (tertiary alicyclic amines) is 1. The highest BCUT2D eigenvalue weighted by Gasteiger charge is 2.14. The van der Waals surface area contributed by atoms with Crippen LogP contribution in [0.5, 0.6) is 11.5 Å². The van der Waals surface area contributed by atoms with Gasteiger partial charge in [0.15, 0.2) is 11.5 Å². The topological polar surface area (TPSA) is 59.0 Å². The van der Waals surface area contributed by atoms with E-state index in [1.54, 1.807) is 6.08 Å². The molecule has 0 spiro atoms. The number of carbonyl (C=O) groups is 1. The number of nitrogens with zero attached hydrogens (tertiary/aromatic N) is 1. The van der Waals surface area contributed by atoms with E-state index >= 15 is 0 Å². The molecule has 1 saturated heterocycles. The molecule has 1 N–H and O–H groups in total. The van der Waals surface area contributed by atoms with Crippen LogP contribution in [0, 0.1) is 0 Å². The summed E-state index contributed by atoms with van der Waals surface area (Å²) < 4.78 is 11.6. The average molecular weight is 388 g/mol. The number of ether oxygens (including phenoxy) is 2. The normalized spacial score (nSPS) is 15.1. The summed E-state index contributed by atoms with van der Waals surface area (Å²) in [5.74, 6) is 0.395. The van der Waals surface area contributed by atoms with Gasteiger partial charge in [0.1, 0.15) is 6.61 Å². The summed E-state index contributed by atoms with van der Waals surface area (Å²) in [4.78, 5) is 14.8. The van der Waals surface area contributed by atoms with Gasteiger partial charge in [-0.15, -0.1) is 11.3 Å². The van der Waals surface area contributed by atoms with Crippen molar-refractivity contribution in [3.8, 4) is 11.5 Å². The van der Waals surface area contributed by atoms with Crippen LogP contribution in [-0.4, -0.2) is 48.8 Å². The Labute approximate surface area is 163 Å². The second-order valence-electron chi connectivity index (χ2n) is 6.38. The Balaban J connectivity index is 1.75. The molecule has 1 aliphatic rings. The van der Waals surface area contributed by atoms with Crippen molar-refractivity contribution in [2.45, 2.75) is 19.8 Å². The molecular formula is C21H25NO4S. The van der Waals surface area contributed by atoms with E-state index in [1.165, 1.54) is 24.2 Å². The molecule has 6 heteroatoms. The molecule has 0 unspecified atom stereocenters. The molecule has 144 valence electrons. The van der Waals surface area contributed by atoms with Gasteiger partial charge in [-0.1, -0.05) is 12.1 Å². The van der Waals surface area contributed by atoms with Gasteiger partial charge in [0.05, 0.1) is 12.2 Å². The zero-order valence-electron chi connectivity index (χ0n) is 15.5. The SMILES string of the molecule is CCOc1cc(/C=C(\C(=O)O)c2cccs2)ccc1OCCN1CCCC1. The van der Waals surface area contributed by atoms with Crippen molar-refractivity contribution < 1.29 is 19.4 Å². The molecule has 1 fully saturated rings. The van der Waals surface area contributed by atoms with Crippen molar-refractivity contribution >= 4 is 29.0 Å². The molecule has 0 atom stereocenters. The van der Waals surface area contributed by atoms with Gasteiger partial charge in [-0.05, 0) is 68.1 Å². The Morgan fingerprint density at radius 3 is 2.70 bits per heavy atom. The predicted molar refractivity (Wildman–Crippen MR) is 109 cm³/mol. The molecule has 0 aliphatic carbocycles. The van der Waals surface area contributed by atoms with Crippen LogP contribution in [-0.2, 0) is 4.79 Å². The minimum Gasteiger partial charge on any atom is -0.490 e. The number of rotatable bonds is 9. The van der Waals surface area contributed by atoms with Crippen LogP contribution in [0.2, 0.25) is 0 Å². The van der Waals surface area contributed by atoms with Gasteiger partial charge in [0.2, 0.25) is 0 Å². The van der Waals surface area contributed by atoms with Gasteiger partial charge >= 0.3 is 5.97 Å². The van der Waals surface area contributed by atoms with Gasteiger partial charge < -0.3 is 14.6 Å². The standard InChI is InChI=1S/C21H25NO4S/c1-2-25-19-15-16(14-17(21(23)24)20-6-5-13-27-20)7-8-18(19)26-12-11-22-9-3-4-10-22/h5-8,13-15H,2-4,9-12H2,1H3,(H,23,24)/b17-14-. The average Bonchev–Trinajstić information content (AvgIpc) is 3.35. The first-order valence-corrected chi connectivity index (χ1v) is 10.2. The second kappa shape index (κ2) is 9.58. The predicted octanol–water partition coefficient (Wildman–Crippen LogP) is 4.25. The molecule has 1 aromatic carbocycles. The highest BCUT2D eigenvalue weighted by atomic mass is 32.1. The zero-order chi connectivity index (χ0) is 19.1. The lowest BCUT2D eigenvalue weighted by Gasteiger charge is -2.17. The van der Waals surface area contributed by atoms with Gasteiger partial charge in [0, 0.05) is 11.4 Å². The third-order valence-electron chi connectivity index (χ3n) is 4.46. The fourth-order valence-electron chi connectivity index (χ4n) is 3.13. The third-order valence-corrected chi connectivity index (χ3v) is 5.36. The van der Waals surface area contributed by atoms with E-state index in [9.17, 15) is 9.90 Å². The molecule has 0 amide bonds. The van der Waals surface area contributed by atoms with E-state index in [1.807, 2.05) is 42.6 Å². The van der Waals surface area contributed by atoms with Crippen molar-refractivity contribution in [3.05, 3.63) is 46.2 Å². The van der Waals surface area contributed by atoms with Crippen molar-refractivity contribution in [1.82, 2.24) is 4.90 Å². The van der Waals surface area contributed by atoms with E-state index < -0.39 is 5.97 Å². The van der Waals surface area contributed by atoms with Crippen LogP contribution in [0.1, 0.15) is 30.2 Å². The summed E-state index contributed by atoms with van der Waals surface area (Å²) in [6.07, 6.45) is 4.20. The van der Waals surface area contributed by atoms with E-state index in [4.69, 9.17) is 9.47 Å². The first-order valence-electron chi connectivity index (χ1n) is 9.28. The highest BCUT2D eigenvalue weighted by Crippen LogP contribution is 2.31. The van der Waals surface area contributed by atoms with Crippen LogP contribution in [0.4, 0.5) is 0 Å². The Hall–Kier alpha value is -2.31. The van der Waals surface area contributed by atoms with Gasteiger partial charge in [-0.2, -0.15) is 0 Å². The van der Waals surface area contributed by atoms with Gasteiger partial charge in [0.25, 0.3) is 0 Å². The van der Waals surface area contributed by atoms with Crippen molar-refractivity contribution in [2.24, 2.45) is 0 Å². The number of carboxylic acids is 1. The Kier molecular flexibility index (Phi) is 6.90. The van der Waals surface area contributed by atoms with Crippen LogP contribution < -0.4 is 9.47 Å². The smallest absolute Gasteiger partial charge is 0.337 e. The number of thiophene rings is 1. The summed E-state index contributed by atoms with van der Waals surface area (Å²) in [5, 5.41) is 11.4. The number of hydrogen-bond acceptors (Lipinski definition) is 5. The second-order valence-corrected chi connectivity index (χ2v) is 7.32. The summed E-state index contributed by atoms with van der Waals surface area (Å²) in [6.45, 7) is 6.26. The van der Waals surface area contributed by atoms with Crippen LogP contribution >= 0.6 is 11.3 Å². The minimum absolute atomic E-state index is 0.273. The number of benzene rings is 1. The van der Waals surface area contributed by atoms with E-state index in [0.29, 0.717) is 24.7 Å². The largest absolute Gasteiger partial charge is 0.490 e. The minimum atomic E-state index is -0.943. The lowest BCUT2D eigenvalue weighted by Crippen LogP contribution is -2.25.